The first-order chi connectivity index (χ1) is 13.2. The maximum atomic E-state index is 9.63. The van der Waals surface area contributed by atoms with E-state index < -0.39 is 9.84 Å². The van der Waals surface area contributed by atoms with E-state index in [2.05, 4.69) is 19.9 Å². The molecule has 1 heterocycles. The molecule has 0 radical (unpaired) electrons. The summed E-state index contributed by atoms with van der Waals surface area (Å²) in [6.45, 7) is 4.97. The molecule has 1 aliphatic heterocycles. The van der Waals surface area contributed by atoms with Crippen molar-refractivity contribution < 1.29 is 22.6 Å². The third-order valence-corrected chi connectivity index (χ3v) is 4.83. The van der Waals surface area contributed by atoms with Gasteiger partial charge >= 0.3 is 0 Å². The largest absolute Gasteiger partial charge is 0.493 e. The summed E-state index contributed by atoms with van der Waals surface area (Å²) in [5.41, 5.74) is 8.34. The van der Waals surface area contributed by atoms with Crippen LogP contribution in [0, 0.1) is 5.92 Å². The van der Waals surface area contributed by atoms with E-state index in [1.54, 1.807) is 14.2 Å². The van der Waals surface area contributed by atoms with E-state index in [-0.39, 0.29) is 24.6 Å². The first-order valence-electron chi connectivity index (χ1n) is 9.94. The minimum absolute atomic E-state index is 0. The molecule has 0 saturated heterocycles. The summed E-state index contributed by atoms with van der Waals surface area (Å²) in [6, 6.07) is 4.01. The van der Waals surface area contributed by atoms with Crippen LogP contribution in [-0.4, -0.2) is 47.8 Å². The van der Waals surface area contributed by atoms with Crippen LogP contribution in [0.15, 0.2) is 12.1 Å². The van der Waals surface area contributed by atoms with Gasteiger partial charge in [0.05, 0.1) is 26.4 Å². The molecule has 0 aromatic heterocycles. The van der Waals surface area contributed by atoms with Crippen molar-refractivity contribution in [3.05, 3.63) is 23.3 Å². The Balaban J connectivity index is 0.00000117. The number of hydrogen-bond donors (Lipinski definition) is 1. The van der Waals surface area contributed by atoms with Crippen molar-refractivity contribution in [2.75, 3.05) is 33.3 Å². The first kappa shape index (κ1) is 28.0. The van der Waals surface area contributed by atoms with Crippen molar-refractivity contribution in [2.24, 2.45) is 11.7 Å². The summed E-state index contributed by atoms with van der Waals surface area (Å²) >= 11 is 0. The van der Waals surface area contributed by atoms with Crippen molar-refractivity contribution in [1.29, 1.82) is 0 Å². The fraction of sp³-hybridized carbons (Fsp3) is 0.714. The third-order valence-electron chi connectivity index (χ3n) is 4.83. The van der Waals surface area contributed by atoms with E-state index in [9.17, 15) is 8.42 Å². The van der Waals surface area contributed by atoms with Crippen molar-refractivity contribution in [3.8, 4) is 11.5 Å². The monoisotopic (exact) mass is 451 g/mol. The summed E-state index contributed by atoms with van der Waals surface area (Å²) in [6.07, 6.45) is 8.09. The number of ether oxygens (including phenoxy) is 3. The molecule has 0 saturated carbocycles. The number of fused-ring (bicyclic) bond motifs is 1. The van der Waals surface area contributed by atoms with E-state index in [0.717, 1.165) is 36.0 Å². The Kier molecular flexibility index (Phi) is 12.8. The maximum absolute atomic E-state index is 9.63. The van der Waals surface area contributed by atoms with Crippen LogP contribution in [0.5, 0.6) is 11.5 Å². The normalized spacial score (nSPS) is 18.2. The van der Waals surface area contributed by atoms with Crippen molar-refractivity contribution in [3.63, 3.8) is 0 Å². The van der Waals surface area contributed by atoms with Gasteiger partial charge in [-0.05, 0) is 30.4 Å². The fourth-order valence-electron chi connectivity index (χ4n) is 3.77. The van der Waals surface area contributed by atoms with Gasteiger partial charge in [0, 0.05) is 31.0 Å². The second-order valence-corrected chi connectivity index (χ2v) is 9.74. The van der Waals surface area contributed by atoms with Crippen molar-refractivity contribution >= 4 is 22.2 Å². The number of sulfone groups is 1. The van der Waals surface area contributed by atoms with Crippen molar-refractivity contribution in [1.82, 2.24) is 0 Å². The lowest BCUT2D eigenvalue weighted by Gasteiger charge is -2.37. The molecule has 1 aromatic carbocycles. The summed E-state index contributed by atoms with van der Waals surface area (Å²) in [5.74, 6) is 2.19. The molecule has 6 nitrogen and oxygen atoms in total. The number of methoxy groups -OCH3 is 2. The Labute approximate surface area is 182 Å². The van der Waals surface area contributed by atoms with Crippen LogP contribution in [0.3, 0.4) is 0 Å². The lowest BCUT2D eigenvalue weighted by atomic mass is 9.84. The Morgan fingerprint density at radius 3 is 2.10 bits per heavy atom. The van der Waals surface area contributed by atoms with E-state index in [0.29, 0.717) is 12.5 Å². The smallest absolute Gasteiger partial charge is 0.164 e. The van der Waals surface area contributed by atoms with Gasteiger partial charge in [-0.1, -0.05) is 32.8 Å². The zero-order valence-electron chi connectivity index (χ0n) is 18.6. The van der Waals surface area contributed by atoms with Gasteiger partial charge in [-0.15, -0.1) is 12.4 Å². The SMILES string of the molecule is CCCC(CCC)C1Cc2c(ccc(OC)c2OC)C(CN)O1.CS(C)(=O)=O.Cl. The lowest BCUT2D eigenvalue weighted by molar-refractivity contribution is -0.0559. The molecule has 0 bridgehead atoms. The van der Waals surface area contributed by atoms with E-state index >= 15 is 0 Å². The molecule has 0 aliphatic carbocycles. The topological polar surface area (TPSA) is 87.8 Å². The molecule has 1 aromatic rings. The van der Waals surface area contributed by atoms with Gasteiger partial charge in [-0.3, -0.25) is 0 Å². The number of benzene rings is 1. The highest BCUT2D eigenvalue weighted by molar-refractivity contribution is 7.89. The lowest BCUT2D eigenvalue weighted by Crippen LogP contribution is -2.35. The van der Waals surface area contributed by atoms with Crippen LogP contribution >= 0.6 is 12.4 Å². The maximum Gasteiger partial charge on any atom is 0.164 e. The first-order valence-corrected chi connectivity index (χ1v) is 12.2. The predicted molar refractivity (Wildman–Crippen MR) is 121 cm³/mol. The molecule has 170 valence electrons. The van der Waals surface area contributed by atoms with E-state index in [1.165, 1.54) is 31.2 Å². The second-order valence-electron chi connectivity index (χ2n) is 7.45. The molecule has 0 fully saturated rings. The minimum atomic E-state index is -2.67. The average Bonchev–Trinajstić information content (AvgIpc) is 2.64. The number of hydrogen-bond acceptors (Lipinski definition) is 6. The highest BCUT2D eigenvalue weighted by Crippen LogP contribution is 2.43. The molecule has 29 heavy (non-hydrogen) atoms. The van der Waals surface area contributed by atoms with Crippen LogP contribution in [0.25, 0.3) is 0 Å². The Morgan fingerprint density at radius 2 is 1.69 bits per heavy atom. The van der Waals surface area contributed by atoms with Crippen LogP contribution < -0.4 is 15.2 Å². The minimum Gasteiger partial charge on any atom is -0.493 e. The summed E-state index contributed by atoms with van der Waals surface area (Å²) in [7, 11) is 0.716. The Hall–Kier alpha value is -1.02. The molecule has 0 spiro atoms. The molecule has 0 amide bonds. The van der Waals surface area contributed by atoms with Gasteiger partial charge in [0.2, 0.25) is 0 Å². The molecule has 2 atom stereocenters. The van der Waals surface area contributed by atoms with Crippen LogP contribution in [0.2, 0.25) is 0 Å². The van der Waals surface area contributed by atoms with Gasteiger partial charge in [0.25, 0.3) is 0 Å². The zero-order valence-corrected chi connectivity index (χ0v) is 20.2. The molecular formula is C21H38ClNO5S. The van der Waals surface area contributed by atoms with Gasteiger partial charge in [-0.2, -0.15) is 0 Å². The number of nitrogens with two attached hydrogens (primary N) is 1. The van der Waals surface area contributed by atoms with Crippen LogP contribution in [0.4, 0.5) is 0 Å². The predicted octanol–water partition coefficient (Wildman–Crippen LogP) is 3.94. The third kappa shape index (κ3) is 8.70. The fourth-order valence-corrected chi connectivity index (χ4v) is 3.77. The average molecular weight is 452 g/mol. The Morgan fingerprint density at radius 1 is 1.14 bits per heavy atom. The van der Waals surface area contributed by atoms with Gasteiger partial charge in [0.1, 0.15) is 9.84 Å². The van der Waals surface area contributed by atoms with Crippen LogP contribution in [-0.2, 0) is 21.0 Å². The molecule has 1 aliphatic rings. The zero-order chi connectivity index (χ0) is 21.3. The standard InChI is InChI=1S/C19H31NO3.C2H6O2S.ClH/c1-5-7-13(8-6-2)17-11-15-14(18(12-20)23-17)9-10-16(21-3)19(15)22-4;1-5(2,3)4;/h9-10,13,17-18H,5-8,11-12,20H2,1-4H3;1-2H3;1H. The molecular weight excluding hydrogens is 414 g/mol. The highest BCUT2D eigenvalue weighted by atomic mass is 35.5. The van der Waals surface area contributed by atoms with E-state index in [4.69, 9.17) is 19.9 Å². The second kappa shape index (κ2) is 13.3. The van der Waals surface area contributed by atoms with Crippen molar-refractivity contribution in [2.45, 2.75) is 58.2 Å². The summed E-state index contributed by atoms with van der Waals surface area (Å²) < 4.78 is 36.8. The molecule has 2 unspecified atom stereocenters. The summed E-state index contributed by atoms with van der Waals surface area (Å²) in [4.78, 5) is 0. The van der Waals surface area contributed by atoms with Crippen LogP contribution in [0.1, 0.15) is 56.8 Å². The highest BCUT2D eigenvalue weighted by Gasteiger charge is 2.34. The molecule has 2 N–H and O–H groups in total. The quantitative estimate of drug-likeness (QED) is 0.643. The van der Waals surface area contributed by atoms with Gasteiger partial charge in [0.15, 0.2) is 11.5 Å². The van der Waals surface area contributed by atoms with Gasteiger partial charge in [-0.25, -0.2) is 8.42 Å². The number of rotatable bonds is 8. The van der Waals surface area contributed by atoms with E-state index in [1.807, 2.05) is 6.07 Å². The summed E-state index contributed by atoms with van der Waals surface area (Å²) in [5, 5.41) is 0. The molecule has 2 rings (SSSR count). The molecule has 8 heteroatoms. The Bertz CT molecular complexity index is 697. The number of halogens is 1. The van der Waals surface area contributed by atoms with Gasteiger partial charge < -0.3 is 19.9 Å².